The van der Waals surface area contributed by atoms with E-state index in [0.29, 0.717) is 5.75 Å². The minimum absolute atomic E-state index is 0.0654. The van der Waals surface area contributed by atoms with Crippen molar-refractivity contribution >= 4 is 5.69 Å². The molecule has 0 amide bonds. The van der Waals surface area contributed by atoms with Gasteiger partial charge in [-0.25, -0.2) is 0 Å². The van der Waals surface area contributed by atoms with Crippen LogP contribution in [0, 0.1) is 17.0 Å². The lowest BCUT2D eigenvalue weighted by Gasteiger charge is -2.10. The number of nitro groups is 1. The average Bonchev–Trinajstić information content (AvgIpc) is 2.49. The molecule has 1 aromatic heterocycles. The minimum Gasteiger partial charge on any atom is -0.449 e. The van der Waals surface area contributed by atoms with Crippen LogP contribution in [0.5, 0.6) is 11.5 Å². The first-order valence-electron chi connectivity index (χ1n) is 6.65. The van der Waals surface area contributed by atoms with Gasteiger partial charge in [0.05, 0.1) is 16.8 Å². The third kappa shape index (κ3) is 3.55. The zero-order valence-electron chi connectivity index (χ0n) is 11.9. The Morgan fingerprint density at radius 2 is 2.14 bits per heavy atom. The van der Waals surface area contributed by atoms with Crippen molar-refractivity contribution in [1.82, 2.24) is 4.98 Å². The monoisotopic (exact) mass is 287 g/mol. The number of nitrogens with two attached hydrogens (primary N) is 1. The second-order valence-electron chi connectivity index (χ2n) is 4.76. The Balaban J connectivity index is 2.24. The predicted octanol–water partition coefficient (Wildman–Crippen LogP) is 3.50. The Labute approximate surface area is 122 Å². The molecule has 21 heavy (non-hydrogen) atoms. The summed E-state index contributed by atoms with van der Waals surface area (Å²) in [7, 11) is 0. The second kappa shape index (κ2) is 6.32. The van der Waals surface area contributed by atoms with Crippen LogP contribution in [0.3, 0.4) is 0 Å². The van der Waals surface area contributed by atoms with Crippen LogP contribution in [0.2, 0.25) is 0 Å². The fraction of sp³-hybridized carbons (Fsp3) is 0.267. The number of nitrogens with zero attached hydrogens (tertiary/aromatic N) is 2. The zero-order valence-corrected chi connectivity index (χ0v) is 11.9. The van der Waals surface area contributed by atoms with Crippen molar-refractivity contribution in [2.75, 3.05) is 0 Å². The van der Waals surface area contributed by atoms with Gasteiger partial charge in [-0.05, 0) is 37.1 Å². The Bertz CT molecular complexity index is 641. The van der Waals surface area contributed by atoms with Crippen molar-refractivity contribution in [3.63, 3.8) is 0 Å². The molecule has 6 nitrogen and oxygen atoms in total. The van der Waals surface area contributed by atoms with Crippen LogP contribution in [0.1, 0.15) is 30.6 Å². The number of ether oxygens (including phenoxy) is 1. The predicted molar refractivity (Wildman–Crippen MR) is 79.4 cm³/mol. The molecular formula is C15H17N3O3. The topological polar surface area (TPSA) is 91.3 Å². The summed E-state index contributed by atoms with van der Waals surface area (Å²) in [6.07, 6.45) is 2.31. The average molecular weight is 287 g/mol. The van der Waals surface area contributed by atoms with Crippen LogP contribution >= 0.6 is 0 Å². The van der Waals surface area contributed by atoms with Crippen molar-refractivity contribution in [2.45, 2.75) is 26.3 Å². The summed E-state index contributed by atoms with van der Waals surface area (Å²) in [5.41, 5.74) is 7.39. The molecular weight excluding hydrogens is 270 g/mol. The first-order chi connectivity index (χ1) is 10.0. The fourth-order valence-electron chi connectivity index (χ4n) is 1.86. The van der Waals surface area contributed by atoms with E-state index in [4.69, 9.17) is 10.5 Å². The highest BCUT2D eigenvalue weighted by molar-refractivity contribution is 5.50. The standard InChI is InChI=1S/C15H17N3O3/c1-3-12(16)13-6-5-11(9-17-13)21-15-7-4-10(2)8-14(15)18(19)20/h4-9,12H,3,16H2,1-2H3. The summed E-state index contributed by atoms with van der Waals surface area (Å²) in [5.74, 6) is 0.633. The highest BCUT2D eigenvalue weighted by Crippen LogP contribution is 2.32. The molecule has 0 aliphatic carbocycles. The van der Waals surface area contributed by atoms with Gasteiger partial charge in [-0.15, -0.1) is 0 Å². The van der Waals surface area contributed by atoms with Gasteiger partial charge in [0, 0.05) is 12.1 Å². The zero-order chi connectivity index (χ0) is 15.4. The van der Waals surface area contributed by atoms with E-state index in [1.807, 2.05) is 6.92 Å². The normalized spacial score (nSPS) is 12.0. The fourth-order valence-corrected chi connectivity index (χ4v) is 1.86. The maximum absolute atomic E-state index is 11.0. The van der Waals surface area contributed by atoms with E-state index >= 15 is 0 Å². The number of hydrogen-bond acceptors (Lipinski definition) is 5. The summed E-state index contributed by atoms with van der Waals surface area (Å²) in [5, 5.41) is 11.0. The summed E-state index contributed by atoms with van der Waals surface area (Å²) in [4.78, 5) is 14.8. The van der Waals surface area contributed by atoms with Crippen molar-refractivity contribution in [3.05, 3.63) is 57.9 Å². The third-order valence-corrected chi connectivity index (χ3v) is 3.12. The van der Waals surface area contributed by atoms with Gasteiger partial charge in [0.25, 0.3) is 0 Å². The van der Waals surface area contributed by atoms with Crippen molar-refractivity contribution in [2.24, 2.45) is 5.73 Å². The molecule has 2 rings (SSSR count). The quantitative estimate of drug-likeness (QED) is 0.671. The van der Waals surface area contributed by atoms with E-state index in [1.54, 1.807) is 31.2 Å². The van der Waals surface area contributed by atoms with Gasteiger partial charge in [0.2, 0.25) is 5.75 Å². The number of aryl methyl sites for hydroxylation is 1. The minimum atomic E-state index is -0.461. The molecule has 2 N–H and O–H groups in total. The third-order valence-electron chi connectivity index (χ3n) is 3.12. The molecule has 0 spiro atoms. The Morgan fingerprint density at radius 3 is 2.71 bits per heavy atom. The number of rotatable bonds is 5. The van der Waals surface area contributed by atoms with Crippen LogP contribution in [-0.2, 0) is 0 Å². The smallest absolute Gasteiger partial charge is 0.311 e. The number of pyridine rings is 1. The van der Waals surface area contributed by atoms with Gasteiger partial charge in [0.1, 0.15) is 5.75 Å². The number of hydrogen-bond donors (Lipinski definition) is 1. The SMILES string of the molecule is CCC(N)c1ccc(Oc2ccc(C)cc2[N+](=O)[O-])cn1. The van der Waals surface area contributed by atoms with E-state index in [1.165, 1.54) is 12.3 Å². The van der Waals surface area contributed by atoms with Crippen LogP contribution in [-0.4, -0.2) is 9.91 Å². The van der Waals surface area contributed by atoms with Crippen LogP contribution < -0.4 is 10.5 Å². The summed E-state index contributed by atoms with van der Waals surface area (Å²) in [6, 6.07) is 8.18. The number of nitro benzene ring substituents is 1. The van der Waals surface area contributed by atoms with E-state index in [-0.39, 0.29) is 17.5 Å². The van der Waals surface area contributed by atoms with E-state index in [9.17, 15) is 10.1 Å². The van der Waals surface area contributed by atoms with Gasteiger partial charge in [0.15, 0.2) is 0 Å². The Morgan fingerprint density at radius 1 is 1.38 bits per heavy atom. The van der Waals surface area contributed by atoms with Crippen LogP contribution in [0.15, 0.2) is 36.5 Å². The van der Waals surface area contributed by atoms with Gasteiger partial charge in [-0.1, -0.05) is 13.0 Å². The van der Waals surface area contributed by atoms with Gasteiger partial charge >= 0.3 is 5.69 Å². The van der Waals surface area contributed by atoms with Gasteiger partial charge < -0.3 is 10.5 Å². The molecule has 0 radical (unpaired) electrons. The molecule has 1 heterocycles. The molecule has 2 aromatic rings. The largest absolute Gasteiger partial charge is 0.449 e. The van der Waals surface area contributed by atoms with E-state index in [2.05, 4.69) is 4.98 Å². The molecule has 0 aliphatic rings. The highest BCUT2D eigenvalue weighted by atomic mass is 16.6. The van der Waals surface area contributed by atoms with Crippen molar-refractivity contribution in [3.8, 4) is 11.5 Å². The molecule has 1 atom stereocenters. The molecule has 0 bridgehead atoms. The van der Waals surface area contributed by atoms with Crippen LogP contribution in [0.25, 0.3) is 0 Å². The maximum Gasteiger partial charge on any atom is 0.311 e. The van der Waals surface area contributed by atoms with Crippen molar-refractivity contribution in [1.29, 1.82) is 0 Å². The van der Waals surface area contributed by atoms with E-state index in [0.717, 1.165) is 17.7 Å². The summed E-state index contributed by atoms with van der Waals surface area (Å²) >= 11 is 0. The van der Waals surface area contributed by atoms with Crippen molar-refractivity contribution < 1.29 is 9.66 Å². The lowest BCUT2D eigenvalue weighted by molar-refractivity contribution is -0.385. The Kier molecular flexibility index (Phi) is 4.49. The molecule has 110 valence electrons. The first kappa shape index (κ1) is 14.9. The van der Waals surface area contributed by atoms with Crippen LogP contribution in [0.4, 0.5) is 5.69 Å². The van der Waals surface area contributed by atoms with Gasteiger partial charge in [-0.3, -0.25) is 15.1 Å². The highest BCUT2D eigenvalue weighted by Gasteiger charge is 2.16. The van der Waals surface area contributed by atoms with E-state index < -0.39 is 4.92 Å². The molecule has 0 saturated heterocycles. The molecule has 0 aliphatic heterocycles. The molecule has 0 saturated carbocycles. The lowest BCUT2D eigenvalue weighted by atomic mass is 10.1. The molecule has 6 heteroatoms. The molecule has 1 unspecified atom stereocenters. The molecule has 0 fully saturated rings. The molecule has 1 aromatic carbocycles. The summed E-state index contributed by atoms with van der Waals surface area (Å²) < 4.78 is 5.55. The number of benzene rings is 1. The number of aromatic nitrogens is 1. The second-order valence-corrected chi connectivity index (χ2v) is 4.76. The van der Waals surface area contributed by atoms with Gasteiger partial charge in [-0.2, -0.15) is 0 Å². The Hall–Kier alpha value is -2.47. The lowest BCUT2D eigenvalue weighted by Crippen LogP contribution is -2.10. The maximum atomic E-state index is 11.0. The summed E-state index contributed by atoms with van der Waals surface area (Å²) in [6.45, 7) is 3.77. The first-order valence-corrected chi connectivity index (χ1v) is 6.65.